The lowest BCUT2D eigenvalue weighted by Gasteiger charge is -2.06. The van der Waals surface area contributed by atoms with Crippen LogP contribution in [0.25, 0.3) is 0 Å². The van der Waals surface area contributed by atoms with Crippen LogP contribution >= 0.6 is 12.2 Å². The number of thiocarbonyl (C=S) groups is 1. The minimum absolute atomic E-state index is 0.192. The Morgan fingerprint density at radius 2 is 2.06 bits per heavy atom. The summed E-state index contributed by atoms with van der Waals surface area (Å²) in [7, 11) is 0. The number of amides is 1. The number of hydrogen-bond donors (Lipinski definition) is 3. The highest BCUT2D eigenvalue weighted by Gasteiger charge is 2.02. The Bertz CT molecular complexity index is 490. The van der Waals surface area contributed by atoms with Gasteiger partial charge in [-0.2, -0.15) is 5.26 Å². The highest BCUT2D eigenvalue weighted by atomic mass is 32.1. The first-order valence-electron chi connectivity index (χ1n) is 4.66. The number of nitrogens with two attached hydrogens (primary N) is 1. The van der Waals surface area contributed by atoms with Crippen molar-refractivity contribution in [2.75, 3.05) is 5.32 Å². The van der Waals surface area contributed by atoms with E-state index in [1.165, 1.54) is 6.20 Å². The van der Waals surface area contributed by atoms with Gasteiger partial charge in [-0.25, -0.2) is 0 Å². The van der Waals surface area contributed by atoms with Crippen molar-refractivity contribution in [3.63, 3.8) is 0 Å². The van der Waals surface area contributed by atoms with Crippen LogP contribution in [0.15, 0.2) is 42.1 Å². The third-order valence-electron chi connectivity index (χ3n) is 1.77. The molecular weight excluding hydrogens is 236 g/mol. The molecule has 0 spiro atoms. The average Bonchev–Trinajstić information content (AvgIpc) is 2.30. The number of hydrogen-bond acceptors (Lipinski definition) is 3. The lowest BCUT2D eigenvalue weighted by Crippen LogP contribution is -2.25. The summed E-state index contributed by atoms with van der Waals surface area (Å²) in [5.74, 6) is -0.803. The molecule has 0 heterocycles. The molecule has 5 nitrogen and oxygen atoms in total. The molecule has 17 heavy (non-hydrogen) atoms. The van der Waals surface area contributed by atoms with Gasteiger partial charge in [0.1, 0.15) is 11.6 Å². The summed E-state index contributed by atoms with van der Waals surface area (Å²) in [6.45, 7) is 0. The Morgan fingerprint density at radius 3 is 2.59 bits per heavy atom. The van der Waals surface area contributed by atoms with Crippen LogP contribution in [-0.4, -0.2) is 11.0 Å². The van der Waals surface area contributed by atoms with Gasteiger partial charge in [-0.3, -0.25) is 4.79 Å². The zero-order valence-corrected chi connectivity index (χ0v) is 9.62. The van der Waals surface area contributed by atoms with Crippen LogP contribution in [0.3, 0.4) is 0 Å². The van der Waals surface area contributed by atoms with Crippen LogP contribution in [0.2, 0.25) is 0 Å². The van der Waals surface area contributed by atoms with Crippen LogP contribution in [0, 0.1) is 11.3 Å². The number of benzene rings is 1. The molecule has 0 fully saturated rings. The first-order chi connectivity index (χ1) is 8.13. The number of nitriles is 1. The molecule has 1 rings (SSSR count). The molecule has 1 aromatic carbocycles. The van der Waals surface area contributed by atoms with Crippen LogP contribution in [0.1, 0.15) is 0 Å². The summed E-state index contributed by atoms with van der Waals surface area (Å²) >= 11 is 4.96. The maximum absolute atomic E-state index is 10.7. The zero-order valence-electron chi connectivity index (χ0n) is 8.81. The lowest BCUT2D eigenvalue weighted by atomic mass is 10.3. The summed E-state index contributed by atoms with van der Waals surface area (Å²) in [5.41, 5.74) is 5.56. The molecule has 0 aliphatic carbocycles. The molecule has 6 heteroatoms. The van der Waals surface area contributed by atoms with E-state index in [9.17, 15) is 4.79 Å². The number of carbonyl (C=O) groups is 1. The van der Waals surface area contributed by atoms with Crippen molar-refractivity contribution in [2.24, 2.45) is 5.73 Å². The van der Waals surface area contributed by atoms with Gasteiger partial charge in [0.25, 0.3) is 5.91 Å². The summed E-state index contributed by atoms with van der Waals surface area (Å²) < 4.78 is 0. The first-order valence-corrected chi connectivity index (χ1v) is 5.07. The van der Waals surface area contributed by atoms with Crippen LogP contribution < -0.4 is 16.4 Å². The van der Waals surface area contributed by atoms with Gasteiger partial charge < -0.3 is 16.4 Å². The summed E-state index contributed by atoms with van der Waals surface area (Å²) in [6.07, 6.45) is 1.17. The van der Waals surface area contributed by atoms with E-state index in [1.807, 2.05) is 30.3 Å². The van der Waals surface area contributed by atoms with E-state index in [0.29, 0.717) is 0 Å². The second kappa shape index (κ2) is 6.25. The van der Waals surface area contributed by atoms with Gasteiger partial charge >= 0.3 is 0 Å². The van der Waals surface area contributed by atoms with Crippen molar-refractivity contribution in [2.45, 2.75) is 0 Å². The van der Waals surface area contributed by atoms with Crippen LogP contribution in [0.4, 0.5) is 5.69 Å². The van der Waals surface area contributed by atoms with Crippen molar-refractivity contribution in [3.8, 4) is 6.07 Å². The monoisotopic (exact) mass is 246 g/mol. The molecule has 0 aliphatic heterocycles. The predicted molar refractivity (Wildman–Crippen MR) is 68.7 cm³/mol. The minimum Gasteiger partial charge on any atom is -0.365 e. The summed E-state index contributed by atoms with van der Waals surface area (Å²) in [6, 6.07) is 10.9. The standard InChI is InChI=1S/C11H10N4OS/c12-6-8(10(13)16)7-14-11(17)15-9-4-2-1-3-5-9/h1-5,7H,(H2,13,16)(H2,14,15,17)/b8-7-. The molecule has 0 aliphatic rings. The Kier molecular flexibility index (Phi) is 4.66. The van der Waals surface area contributed by atoms with Crippen LogP contribution in [0.5, 0.6) is 0 Å². The average molecular weight is 246 g/mol. The molecule has 1 amide bonds. The molecular formula is C11H10N4OS. The molecule has 0 saturated carbocycles. The molecule has 0 unspecified atom stereocenters. The van der Waals surface area contributed by atoms with Gasteiger partial charge in [-0.05, 0) is 24.4 Å². The van der Waals surface area contributed by atoms with Crippen molar-refractivity contribution in [3.05, 3.63) is 42.1 Å². The van der Waals surface area contributed by atoms with Crippen molar-refractivity contribution in [1.29, 1.82) is 5.26 Å². The van der Waals surface area contributed by atoms with E-state index < -0.39 is 5.91 Å². The maximum Gasteiger partial charge on any atom is 0.260 e. The lowest BCUT2D eigenvalue weighted by molar-refractivity contribution is -0.114. The fourth-order valence-electron chi connectivity index (χ4n) is 0.985. The van der Waals surface area contributed by atoms with Crippen molar-refractivity contribution >= 4 is 28.9 Å². The largest absolute Gasteiger partial charge is 0.365 e. The number of primary amides is 1. The van der Waals surface area contributed by atoms with Gasteiger partial charge in [0, 0.05) is 11.9 Å². The number of anilines is 1. The van der Waals surface area contributed by atoms with E-state index in [-0.39, 0.29) is 10.7 Å². The normalized spacial score (nSPS) is 10.2. The van der Waals surface area contributed by atoms with Gasteiger partial charge in [0.05, 0.1) is 0 Å². The highest BCUT2D eigenvalue weighted by molar-refractivity contribution is 7.80. The van der Waals surface area contributed by atoms with Gasteiger partial charge in [-0.15, -0.1) is 0 Å². The number of para-hydroxylation sites is 1. The molecule has 0 atom stereocenters. The van der Waals surface area contributed by atoms with Crippen LogP contribution in [-0.2, 0) is 4.79 Å². The Morgan fingerprint density at radius 1 is 1.41 bits per heavy atom. The highest BCUT2D eigenvalue weighted by Crippen LogP contribution is 2.04. The predicted octanol–water partition coefficient (Wildman–Crippen LogP) is 0.866. The van der Waals surface area contributed by atoms with Gasteiger partial charge in [0.2, 0.25) is 0 Å². The Balaban J connectivity index is 2.57. The number of nitrogens with zero attached hydrogens (tertiary/aromatic N) is 1. The summed E-state index contributed by atoms with van der Waals surface area (Å²) in [4.78, 5) is 10.7. The van der Waals surface area contributed by atoms with E-state index in [1.54, 1.807) is 6.07 Å². The number of rotatable bonds is 3. The fourth-order valence-corrected chi connectivity index (χ4v) is 1.16. The topological polar surface area (TPSA) is 90.9 Å². The smallest absolute Gasteiger partial charge is 0.260 e. The fraction of sp³-hybridized carbons (Fsp3) is 0. The maximum atomic E-state index is 10.7. The molecule has 0 aromatic heterocycles. The zero-order chi connectivity index (χ0) is 12.7. The SMILES string of the molecule is N#C/C(=C/NC(=S)Nc1ccccc1)C(N)=O. The molecule has 1 aromatic rings. The van der Waals surface area contributed by atoms with E-state index in [0.717, 1.165) is 5.69 Å². The van der Waals surface area contributed by atoms with E-state index in [2.05, 4.69) is 10.6 Å². The molecule has 0 radical (unpaired) electrons. The summed E-state index contributed by atoms with van der Waals surface area (Å²) in [5, 5.41) is 14.3. The molecule has 0 bridgehead atoms. The number of carbonyl (C=O) groups excluding carboxylic acids is 1. The van der Waals surface area contributed by atoms with Crippen molar-refractivity contribution in [1.82, 2.24) is 5.32 Å². The Hall–Kier alpha value is -2.39. The molecule has 86 valence electrons. The molecule has 0 saturated heterocycles. The first kappa shape index (κ1) is 12.7. The van der Waals surface area contributed by atoms with Gasteiger partial charge in [-0.1, -0.05) is 18.2 Å². The second-order valence-electron chi connectivity index (χ2n) is 3.00. The molecule has 4 N–H and O–H groups in total. The number of nitrogens with one attached hydrogen (secondary N) is 2. The van der Waals surface area contributed by atoms with E-state index >= 15 is 0 Å². The van der Waals surface area contributed by atoms with Gasteiger partial charge in [0.15, 0.2) is 5.11 Å². The van der Waals surface area contributed by atoms with Crippen molar-refractivity contribution < 1.29 is 4.79 Å². The van der Waals surface area contributed by atoms with E-state index in [4.69, 9.17) is 23.2 Å². The minimum atomic E-state index is -0.803. The second-order valence-corrected chi connectivity index (χ2v) is 3.41. The third kappa shape index (κ3) is 4.32. The Labute approximate surface area is 104 Å². The third-order valence-corrected chi connectivity index (χ3v) is 1.99. The quantitative estimate of drug-likeness (QED) is 0.418.